The van der Waals surface area contributed by atoms with Crippen LogP contribution in [0.3, 0.4) is 0 Å². The number of nitrogens with zero attached hydrogens (tertiary/aromatic N) is 1. The average Bonchev–Trinajstić information content (AvgIpc) is 2.45. The SMILES string of the molecule is Cc1ccc(CN(C)CC(=O)Nc2ccc(C)cc2C)c(C)c1. The van der Waals surface area contributed by atoms with Crippen LogP contribution in [0.2, 0.25) is 0 Å². The van der Waals surface area contributed by atoms with Gasteiger partial charge in [-0.25, -0.2) is 0 Å². The van der Waals surface area contributed by atoms with Gasteiger partial charge < -0.3 is 5.32 Å². The van der Waals surface area contributed by atoms with E-state index in [9.17, 15) is 4.79 Å². The monoisotopic (exact) mass is 310 g/mol. The van der Waals surface area contributed by atoms with Crippen molar-refractivity contribution >= 4 is 11.6 Å². The zero-order chi connectivity index (χ0) is 17.0. The van der Waals surface area contributed by atoms with Crippen LogP contribution in [-0.2, 0) is 11.3 Å². The molecule has 1 amide bonds. The van der Waals surface area contributed by atoms with Gasteiger partial charge >= 0.3 is 0 Å². The normalized spacial score (nSPS) is 10.9. The molecule has 1 N–H and O–H groups in total. The van der Waals surface area contributed by atoms with Gasteiger partial charge in [-0.05, 0) is 57.5 Å². The lowest BCUT2D eigenvalue weighted by molar-refractivity contribution is -0.117. The highest BCUT2D eigenvalue weighted by Gasteiger charge is 2.10. The van der Waals surface area contributed by atoms with E-state index in [4.69, 9.17) is 0 Å². The molecule has 0 radical (unpaired) electrons. The van der Waals surface area contributed by atoms with Crippen LogP contribution in [0.4, 0.5) is 5.69 Å². The van der Waals surface area contributed by atoms with E-state index in [1.54, 1.807) is 0 Å². The molecule has 122 valence electrons. The number of hydrogen-bond acceptors (Lipinski definition) is 2. The first kappa shape index (κ1) is 17.2. The number of carbonyl (C=O) groups is 1. The van der Waals surface area contributed by atoms with E-state index in [0.717, 1.165) is 17.8 Å². The summed E-state index contributed by atoms with van der Waals surface area (Å²) in [6.07, 6.45) is 0. The van der Waals surface area contributed by atoms with Gasteiger partial charge in [-0.15, -0.1) is 0 Å². The Morgan fingerprint density at radius 1 is 0.957 bits per heavy atom. The molecule has 2 aromatic carbocycles. The third-order valence-electron chi connectivity index (χ3n) is 4.01. The lowest BCUT2D eigenvalue weighted by Crippen LogP contribution is -2.30. The molecule has 0 saturated heterocycles. The molecule has 3 heteroatoms. The Morgan fingerprint density at radius 2 is 1.57 bits per heavy atom. The number of benzene rings is 2. The van der Waals surface area contributed by atoms with Crippen LogP contribution >= 0.6 is 0 Å². The largest absolute Gasteiger partial charge is 0.325 e. The first-order valence-electron chi connectivity index (χ1n) is 7.97. The third kappa shape index (κ3) is 4.93. The molecule has 3 nitrogen and oxygen atoms in total. The van der Waals surface area contributed by atoms with Crippen molar-refractivity contribution in [3.63, 3.8) is 0 Å². The lowest BCUT2D eigenvalue weighted by Gasteiger charge is -2.18. The highest BCUT2D eigenvalue weighted by molar-refractivity contribution is 5.92. The number of amides is 1. The van der Waals surface area contributed by atoms with Crippen LogP contribution < -0.4 is 5.32 Å². The summed E-state index contributed by atoms with van der Waals surface area (Å²) in [6, 6.07) is 12.5. The second-order valence-electron chi connectivity index (χ2n) is 6.47. The van der Waals surface area contributed by atoms with Crippen molar-refractivity contribution in [2.24, 2.45) is 0 Å². The number of rotatable bonds is 5. The molecule has 0 aromatic heterocycles. The van der Waals surface area contributed by atoms with Crippen molar-refractivity contribution in [3.05, 3.63) is 64.2 Å². The maximum Gasteiger partial charge on any atom is 0.238 e. The molecule has 0 aliphatic heterocycles. The summed E-state index contributed by atoms with van der Waals surface area (Å²) in [5.41, 5.74) is 6.98. The van der Waals surface area contributed by atoms with E-state index in [1.165, 1.54) is 22.3 Å². The fraction of sp³-hybridized carbons (Fsp3) is 0.350. The standard InChI is InChI=1S/C20H26N2O/c1-14-6-8-18(16(3)10-14)12-22(5)13-20(23)21-19-9-7-15(2)11-17(19)4/h6-11H,12-13H2,1-5H3,(H,21,23). The number of aryl methyl sites for hydroxylation is 4. The molecule has 23 heavy (non-hydrogen) atoms. The van der Waals surface area contributed by atoms with Gasteiger partial charge in [0.25, 0.3) is 0 Å². The molecule has 0 heterocycles. The predicted octanol–water partition coefficient (Wildman–Crippen LogP) is 3.99. The third-order valence-corrected chi connectivity index (χ3v) is 4.01. The summed E-state index contributed by atoms with van der Waals surface area (Å²) >= 11 is 0. The molecule has 2 aromatic rings. The topological polar surface area (TPSA) is 32.3 Å². The summed E-state index contributed by atoms with van der Waals surface area (Å²) in [4.78, 5) is 14.3. The minimum atomic E-state index is 0.0178. The summed E-state index contributed by atoms with van der Waals surface area (Å²) < 4.78 is 0. The minimum absolute atomic E-state index is 0.0178. The Labute approximate surface area is 139 Å². The number of anilines is 1. The van der Waals surface area contributed by atoms with Gasteiger partial charge in [0.2, 0.25) is 5.91 Å². The van der Waals surface area contributed by atoms with Crippen molar-refractivity contribution in [1.82, 2.24) is 4.90 Å². The van der Waals surface area contributed by atoms with Crippen LogP contribution in [0.5, 0.6) is 0 Å². The van der Waals surface area contributed by atoms with Crippen molar-refractivity contribution in [2.45, 2.75) is 34.2 Å². The van der Waals surface area contributed by atoms with Crippen LogP contribution in [0, 0.1) is 27.7 Å². The van der Waals surface area contributed by atoms with E-state index in [0.29, 0.717) is 6.54 Å². The van der Waals surface area contributed by atoms with Crippen LogP contribution in [0.25, 0.3) is 0 Å². The molecule has 0 bridgehead atoms. The predicted molar refractivity (Wildman–Crippen MR) is 96.8 cm³/mol. The molecular weight excluding hydrogens is 284 g/mol. The Morgan fingerprint density at radius 3 is 2.17 bits per heavy atom. The lowest BCUT2D eigenvalue weighted by atomic mass is 10.1. The molecule has 0 aliphatic rings. The molecule has 0 spiro atoms. The highest BCUT2D eigenvalue weighted by Crippen LogP contribution is 2.16. The quantitative estimate of drug-likeness (QED) is 0.905. The summed E-state index contributed by atoms with van der Waals surface area (Å²) in [6.45, 7) is 9.43. The van der Waals surface area contributed by atoms with Gasteiger partial charge in [0.1, 0.15) is 0 Å². The Balaban J connectivity index is 1.94. The van der Waals surface area contributed by atoms with Gasteiger partial charge in [-0.3, -0.25) is 9.69 Å². The zero-order valence-electron chi connectivity index (χ0n) is 14.7. The smallest absolute Gasteiger partial charge is 0.238 e. The minimum Gasteiger partial charge on any atom is -0.325 e. The van der Waals surface area contributed by atoms with Gasteiger partial charge in [0, 0.05) is 12.2 Å². The molecule has 0 fully saturated rings. The Bertz CT molecular complexity index is 707. The number of hydrogen-bond donors (Lipinski definition) is 1. The molecule has 0 unspecified atom stereocenters. The molecule has 0 atom stereocenters. The van der Waals surface area contributed by atoms with Gasteiger partial charge in [-0.1, -0.05) is 41.5 Å². The van der Waals surface area contributed by atoms with Crippen LogP contribution in [0.15, 0.2) is 36.4 Å². The van der Waals surface area contributed by atoms with E-state index < -0.39 is 0 Å². The fourth-order valence-corrected chi connectivity index (χ4v) is 2.76. The first-order chi connectivity index (χ1) is 10.8. The average molecular weight is 310 g/mol. The molecule has 2 rings (SSSR count). The molecule has 0 aliphatic carbocycles. The van der Waals surface area contributed by atoms with Crippen molar-refractivity contribution in [2.75, 3.05) is 18.9 Å². The zero-order valence-corrected chi connectivity index (χ0v) is 14.7. The van der Waals surface area contributed by atoms with Crippen LogP contribution in [-0.4, -0.2) is 24.4 Å². The van der Waals surface area contributed by atoms with E-state index in [-0.39, 0.29) is 5.91 Å². The molecular formula is C20H26N2O. The maximum atomic E-state index is 12.2. The van der Waals surface area contributed by atoms with E-state index in [1.807, 2.05) is 31.0 Å². The first-order valence-corrected chi connectivity index (χ1v) is 7.97. The second kappa shape index (κ2) is 7.42. The maximum absolute atomic E-state index is 12.2. The fourth-order valence-electron chi connectivity index (χ4n) is 2.76. The highest BCUT2D eigenvalue weighted by atomic mass is 16.2. The Kier molecular flexibility index (Phi) is 5.56. The van der Waals surface area contributed by atoms with E-state index >= 15 is 0 Å². The van der Waals surface area contributed by atoms with Crippen molar-refractivity contribution < 1.29 is 4.79 Å². The van der Waals surface area contributed by atoms with Gasteiger partial charge in [0.05, 0.1) is 6.54 Å². The van der Waals surface area contributed by atoms with Crippen molar-refractivity contribution in [3.8, 4) is 0 Å². The summed E-state index contributed by atoms with van der Waals surface area (Å²) in [5.74, 6) is 0.0178. The van der Waals surface area contributed by atoms with Gasteiger partial charge in [-0.2, -0.15) is 0 Å². The summed E-state index contributed by atoms with van der Waals surface area (Å²) in [5, 5.41) is 3.00. The van der Waals surface area contributed by atoms with E-state index in [2.05, 4.69) is 50.4 Å². The Hall–Kier alpha value is -2.13. The number of likely N-dealkylation sites (N-methyl/N-ethyl adjacent to an activating group) is 1. The molecule has 0 saturated carbocycles. The number of carbonyl (C=O) groups excluding carboxylic acids is 1. The van der Waals surface area contributed by atoms with Crippen molar-refractivity contribution in [1.29, 1.82) is 0 Å². The number of nitrogens with one attached hydrogen (secondary N) is 1. The van der Waals surface area contributed by atoms with Crippen LogP contribution in [0.1, 0.15) is 27.8 Å². The second-order valence-corrected chi connectivity index (χ2v) is 6.47. The summed E-state index contributed by atoms with van der Waals surface area (Å²) in [7, 11) is 1.97. The van der Waals surface area contributed by atoms with Gasteiger partial charge in [0.15, 0.2) is 0 Å².